The molecule has 0 spiro atoms. The third kappa shape index (κ3) is 2.05. The molecule has 84 valence electrons. The van der Waals surface area contributed by atoms with Crippen LogP contribution in [-0.4, -0.2) is 0 Å². The van der Waals surface area contributed by atoms with Gasteiger partial charge in [-0.2, -0.15) is 0 Å². The average Bonchev–Trinajstić information content (AvgIpc) is 2.49. The summed E-state index contributed by atoms with van der Waals surface area (Å²) in [7, 11) is 0. The average molecular weight is 228 g/mol. The molecule has 18 heavy (non-hydrogen) atoms. The molecule has 0 fully saturated rings. The lowest BCUT2D eigenvalue weighted by Crippen LogP contribution is -1.84. The molecule has 0 saturated heterocycles. The van der Waals surface area contributed by atoms with Crippen molar-refractivity contribution in [3.8, 4) is 22.3 Å². The Labute approximate surface area is 108 Å². The molecule has 0 N–H and O–H groups in total. The van der Waals surface area contributed by atoms with E-state index in [-0.39, 0.29) is 0 Å². The van der Waals surface area contributed by atoms with Crippen LogP contribution in [0.5, 0.6) is 0 Å². The van der Waals surface area contributed by atoms with Gasteiger partial charge in [-0.1, -0.05) is 66.7 Å². The van der Waals surface area contributed by atoms with Gasteiger partial charge in [-0.15, -0.1) is 0 Å². The Morgan fingerprint density at radius 3 is 2.00 bits per heavy atom. The van der Waals surface area contributed by atoms with Crippen molar-refractivity contribution in [2.45, 2.75) is 0 Å². The van der Waals surface area contributed by atoms with Crippen molar-refractivity contribution in [2.24, 2.45) is 0 Å². The van der Waals surface area contributed by atoms with Crippen LogP contribution in [-0.2, 0) is 0 Å². The summed E-state index contributed by atoms with van der Waals surface area (Å²) in [5.74, 6) is 0. The summed E-state index contributed by atoms with van der Waals surface area (Å²) in [4.78, 5) is 0. The van der Waals surface area contributed by atoms with E-state index in [4.69, 9.17) is 0 Å². The second kappa shape index (κ2) is 4.89. The molecule has 0 aliphatic rings. The molecular weight excluding hydrogens is 216 g/mol. The molecule has 3 aromatic carbocycles. The molecule has 0 aliphatic heterocycles. The first-order chi connectivity index (χ1) is 8.95. The van der Waals surface area contributed by atoms with Gasteiger partial charge in [0, 0.05) is 0 Å². The van der Waals surface area contributed by atoms with E-state index in [1.54, 1.807) is 0 Å². The smallest absolute Gasteiger partial charge is 0.00992 e. The lowest BCUT2D eigenvalue weighted by Gasteiger charge is -2.09. The molecule has 0 saturated carbocycles. The molecule has 0 aromatic heterocycles. The van der Waals surface area contributed by atoms with E-state index in [9.17, 15) is 0 Å². The SMILES string of the molecule is [c]1ccc(-c2c[c]ccc2-c2ccccc2)cc1. The monoisotopic (exact) mass is 228 g/mol. The van der Waals surface area contributed by atoms with Crippen molar-refractivity contribution in [3.05, 3.63) is 84.9 Å². The van der Waals surface area contributed by atoms with Gasteiger partial charge < -0.3 is 0 Å². The molecule has 2 radical (unpaired) electrons. The number of hydrogen-bond donors (Lipinski definition) is 0. The fourth-order valence-electron chi connectivity index (χ4n) is 2.11. The summed E-state index contributed by atoms with van der Waals surface area (Å²) in [5, 5.41) is 0. The van der Waals surface area contributed by atoms with Crippen LogP contribution in [0.2, 0.25) is 0 Å². The predicted octanol–water partition coefficient (Wildman–Crippen LogP) is 4.62. The number of hydrogen-bond acceptors (Lipinski definition) is 0. The van der Waals surface area contributed by atoms with Crippen LogP contribution in [0.1, 0.15) is 0 Å². The van der Waals surface area contributed by atoms with E-state index in [0.29, 0.717) is 0 Å². The zero-order valence-corrected chi connectivity index (χ0v) is 9.93. The molecule has 3 rings (SSSR count). The summed E-state index contributed by atoms with van der Waals surface area (Å²) in [5.41, 5.74) is 4.87. The summed E-state index contributed by atoms with van der Waals surface area (Å²) in [6, 6.07) is 30.8. The van der Waals surface area contributed by atoms with Crippen molar-refractivity contribution < 1.29 is 0 Å². The predicted molar refractivity (Wildman–Crippen MR) is 75.0 cm³/mol. The van der Waals surface area contributed by atoms with Gasteiger partial charge in [0.2, 0.25) is 0 Å². The van der Waals surface area contributed by atoms with Crippen LogP contribution in [0.25, 0.3) is 22.3 Å². The highest BCUT2D eigenvalue weighted by molar-refractivity contribution is 5.83. The lowest BCUT2D eigenvalue weighted by atomic mass is 9.95. The Morgan fingerprint density at radius 1 is 0.556 bits per heavy atom. The highest BCUT2D eigenvalue weighted by atomic mass is 14.1. The van der Waals surface area contributed by atoms with Crippen molar-refractivity contribution in [3.63, 3.8) is 0 Å². The first-order valence-electron chi connectivity index (χ1n) is 5.97. The van der Waals surface area contributed by atoms with Crippen LogP contribution in [0.3, 0.4) is 0 Å². The highest BCUT2D eigenvalue weighted by Gasteiger charge is 2.05. The fraction of sp³-hybridized carbons (Fsp3) is 0. The topological polar surface area (TPSA) is 0 Å². The van der Waals surface area contributed by atoms with Crippen LogP contribution < -0.4 is 0 Å². The Balaban J connectivity index is 2.18. The Kier molecular flexibility index (Phi) is 2.93. The molecule has 3 aromatic rings. The normalized spacial score (nSPS) is 10.2. The standard InChI is InChI=1S/C18H12/c1-3-9-15(10-4-1)17-13-7-8-14-18(17)16-11-5-2-6-12-16/h1,3-7,9-14H. The van der Waals surface area contributed by atoms with E-state index >= 15 is 0 Å². The van der Waals surface area contributed by atoms with E-state index in [1.165, 1.54) is 22.3 Å². The fourth-order valence-corrected chi connectivity index (χ4v) is 2.11. The van der Waals surface area contributed by atoms with Gasteiger partial charge in [0.25, 0.3) is 0 Å². The Hall–Kier alpha value is -2.34. The van der Waals surface area contributed by atoms with Gasteiger partial charge >= 0.3 is 0 Å². The zero-order valence-electron chi connectivity index (χ0n) is 9.93. The molecule has 0 amide bonds. The summed E-state index contributed by atoms with van der Waals surface area (Å²) in [6.45, 7) is 0. The van der Waals surface area contributed by atoms with E-state index < -0.39 is 0 Å². The third-order valence-corrected chi connectivity index (χ3v) is 2.98. The van der Waals surface area contributed by atoms with Crippen molar-refractivity contribution >= 4 is 0 Å². The summed E-state index contributed by atoms with van der Waals surface area (Å²) in [6.07, 6.45) is 0. The van der Waals surface area contributed by atoms with Crippen LogP contribution in [0.15, 0.2) is 72.8 Å². The lowest BCUT2D eigenvalue weighted by molar-refractivity contribution is 1.57. The molecule has 0 bridgehead atoms. The zero-order chi connectivity index (χ0) is 12.2. The second-order valence-electron chi connectivity index (χ2n) is 4.13. The van der Waals surface area contributed by atoms with Gasteiger partial charge in [0.1, 0.15) is 0 Å². The molecule has 0 unspecified atom stereocenters. The minimum absolute atomic E-state index is 1.20. The maximum Gasteiger partial charge on any atom is -0.00992 e. The summed E-state index contributed by atoms with van der Waals surface area (Å²) < 4.78 is 0. The first-order valence-corrected chi connectivity index (χ1v) is 5.97. The van der Waals surface area contributed by atoms with Gasteiger partial charge in [0.05, 0.1) is 0 Å². The third-order valence-electron chi connectivity index (χ3n) is 2.98. The number of rotatable bonds is 2. The van der Waals surface area contributed by atoms with Crippen LogP contribution >= 0.6 is 0 Å². The molecule has 0 heteroatoms. The molecule has 0 atom stereocenters. The molecule has 0 nitrogen and oxygen atoms in total. The van der Waals surface area contributed by atoms with E-state index in [1.807, 2.05) is 30.3 Å². The minimum Gasteiger partial charge on any atom is -0.0622 e. The first kappa shape index (κ1) is 10.8. The second-order valence-corrected chi connectivity index (χ2v) is 4.13. The molecule has 0 heterocycles. The molecular formula is C18H12. The maximum absolute atomic E-state index is 3.16. The van der Waals surface area contributed by atoms with Crippen LogP contribution in [0, 0.1) is 12.1 Å². The largest absolute Gasteiger partial charge is 0.0622 e. The quantitative estimate of drug-likeness (QED) is 0.600. The van der Waals surface area contributed by atoms with E-state index in [2.05, 4.69) is 54.6 Å². The van der Waals surface area contributed by atoms with Crippen LogP contribution in [0.4, 0.5) is 0 Å². The van der Waals surface area contributed by atoms with Crippen molar-refractivity contribution in [1.29, 1.82) is 0 Å². The van der Waals surface area contributed by atoms with Crippen molar-refractivity contribution in [1.82, 2.24) is 0 Å². The minimum atomic E-state index is 1.20. The Morgan fingerprint density at radius 2 is 1.22 bits per heavy atom. The highest BCUT2D eigenvalue weighted by Crippen LogP contribution is 2.31. The number of benzene rings is 3. The Bertz CT molecular complexity index is 566. The van der Waals surface area contributed by atoms with Crippen molar-refractivity contribution in [2.75, 3.05) is 0 Å². The summed E-state index contributed by atoms with van der Waals surface area (Å²) >= 11 is 0. The van der Waals surface area contributed by atoms with Gasteiger partial charge in [-0.05, 0) is 40.5 Å². The maximum atomic E-state index is 3.16. The molecule has 0 aliphatic carbocycles. The van der Waals surface area contributed by atoms with E-state index in [0.717, 1.165) is 0 Å². The van der Waals surface area contributed by atoms with Gasteiger partial charge in [0.15, 0.2) is 0 Å². The van der Waals surface area contributed by atoms with Gasteiger partial charge in [-0.3, -0.25) is 0 Å². The van der Waals surface area contributed by atoms with Gasteiger partial charge in [-0.25, -0.2) is 0 Å².